The van der Waals surface area contributed by atoms with E-state index in [2.05, 4.69) is 6.58 Å². The Morgan fingerprint density at radius 2 is 1.86 bits per heavy atom. The van der Waals surface area contributed by atoms with Gasteiger partial charge in [0.1, 0.15) is 0 Å². The Morgan fingerprint density at radius 3 is 2.36 bits per heavy atom. The maximum absolute atomic E-state index is 5.16. The summed E-state index contributed by atoms with van der Waals surface area (Å²) in [7, 11) is 3.26. The summed E-state index contributed by atoms with van der Waals surface area (Å²) in [6, 6.07) is 5.86. The van der Waals surface area contributed by atoms with Gasteiger partial charge in [0.2, 0.25) is 0 Å². The molecular formula is C11H16O2Pb. The van der Waals surface area contributed by atoms with Crippen molar-refractivity contribution in [3.8, 4) is 11.5 Å². The van der Waals surface area contributed by atoms with E-state index in [0.717, 1.165) is 17.9 Å². The summed E-state index contributed by atoms with van der Waals surface area (Å²) in [6.45, 7) is 3.68. The van der Waals surface area contributed by atoms with Gasteiger partial charge in [-0.25, -0.2) is 0 Å². The molecule has 0 bridgehead atoms. The molecule has 0 spiro atoms. The molecule has 0 amide bonds. The molecule has 1 aromatic carbocycles. The first-order chi connectivity index (χ1) is 6.31. The topological polar surface area (TPSA) is 18.5 Å². The van der Waals surface area contributed by atoms with Gasteiger partial charge in [0.15, 0.2) is 11.5 Å². The molecule has 2 radical (unpaired) electrons. The fraction of sp³-hybridized carbons (Fsp3) is 0.273. The molecule has 1 rings (SSSR count). The number of hydrogen-bond donors (Lipinski definition) is 0. The molecule has 14 heavy (non-hydrogen) atoms. The van der Waals surface area contributed by atoms with Gasteiger partial charge < -0.3 is 9.47 Å². The number of hydrogen-bond acceptors (Lipinski definition) is 2. The molecule has 0 N–H and O–H groups in total. The number of benzene rings is 1. The molecular weight excluding hydrogens is 371 g/mol. The van der Waals surface area contributed by atoms with Crippen molar-refractivity contribution >= 4 is 27.3 Å². The standard InChI is InChI=1S/C11H14O2.Pb.2H/c1-4-5-9-6-7-10(12-2)11(8-9)13-3;;;/h4,6-8H,1,5H2,2-3H3;;;. The molecule has 2 nitrogen and oxygen atoms in total. The Hall–Kier alpha value is -0.518. The van der Waals surface area contributed by atoms with Crippen molar-refractivity contribution in [2.45, 2.75) is 6.42 Å². The Kier molecular flexibility index (Phi) is 6.61. The first-order valence-corrected chi connectivity index (χ1v) is 4.13. The zero-order valence-electron chi connectivity index (χ0n) is 8.75. The Bertz CT molecular complexity index is 297. The van der Waals surface area contributed by atoms with E-state index >= 15 is 0 Å². The van der Waals surface area contributed by atoms with Crippen LogP contribution in [-0.2, 0) is 6.42 Å². The van der Waals surface area contributed by atoms with E-state index in [0.29, 0.717) is 0 Å². The Labute approximate surface area is 105 Å². The molecule has 0 aromatic heterocycles. The van der Waals surface area contributed by atoms with Crippen LogP contribution in [-0.4, -0.2) is 41.5 Å². The zero-order valence-corrected chi connectivity index (χ0v) is 14.2. The van der Waals surface area contributed by atoms with Crippen LogP contribution in [0.1, 0.15) is 5.56 Å². The van der Waals surface area contributed by atoms with E-state index in [1.165, 1.54) is 5.56 Å². The third-order valence-corrected chi connectivity index (χ3v) is 1.83. The van der Waals surface area contributed by atoms with Crippen molar-refractivity contribution in [3.63, 3.8) is 0 Å². The Balaban J connectivity index is 0.00000169. The number of ether oxygens (including phenoxy) is 2. The molecule has 76 valence electrons. The summed E-state index contributed by atoms with van der Waals surface area (Å²) in [4.78, 5) is 0. The number of methoxy groups -OCH3 is 2. The van der Waals surface area contributed by atoms with Gasteiger partial charge in [0.25, 0.3) is 0 Å². The van der Waals surface area contributed by atoms with Crippen molar-refractivity contribution < 1.29 is 9.47 Å². The molecule has 3 heteroatoms. The second-order valence-corrected chi connectivity index (χ2v) is 2.68. The summed E-state index contributed by atoms with van der Waals surface area (Å²) >= 11 is 0. The van der Waals surface area contributed by atoms with Crippen LogP contribution in [0.4, 0.5) is 0 Å². The Morgan fingerprint density at radius 1 is 1.21 bits per heavy atom. The van der Waals surface area contributed by atoms with Gasteiger partial charge in [0, 0.05) is 0 Å². The molecule has 1 aromatic rings. The van der Waals surface area contributed by atoms with Gasteiger partial charge in [0.05, 0.1) is 14.2 Å². The van der Waals surface area contributed by atoms with E-state index in [-0.39, 0.29) is 27.3 Å². The molecule has 0 heterocycles. The normalized spacial score (nSPS) is 8.71. The first-order valence-electron chi connectivity index (χ1n) is 4.13. The quantitative estimate of drug-likeness (QED) is 0.576. The first kappa shape index (κ1) is 13.5. The summed E-state index contributed by atoms with van der Waals surface area (Å²) in [5, 5.41) is 0. The van der Waals surface area contributed by atoms with Gasteiger partial charge in [-0.05, 0) is 24.1 Å². The molecule has 0 aliphatic rings. The van der Waals surface area contributed by atoms with Gasteiger partial charge in [-0.3, -0.25) is 0 Å². The zero-order chi connectivity index (χ0) is 9.68. The van der Waals surface area contributed by atoms with E-state index in [9.17, 15) is 0 Å². The van der Waals surface area contributed by atoms with Crippen LogP contribution in [0.25, 0.3) is 0 Å². The summed E-state index contributed by atoms with van der Waals surface area (Å²) in [5.74, 6) is 1.53. The SMILES string of the molecule is C=CCc1ccc(OC)c(OC)c1.[PbH2]. The third kappa shape index (κ3) is 3.32. The number of allylic oxidation sites excluding steroid dienone is 1. The van der Waals surface area contributed by atoms with Crippen LogP contribution < -0.4 is 9.47 Å². The number of rotatable bonds is 4. The summed E-state index contributed by atoms with van der Waals surface area (Å²) in [5.41, 5.74) is 1.17. The second kappa shape index (κ2) is 6.87. The van der Waals surface area contributed by atoms with Crippen molar-refractivity contribution in [2.75, 3.05) is 14.2 Å². The van der Waals surface area contributed by atoms with Crippen molar-refractivity contribution in [3.05, 3.63) is 36.4 Å². The third-order valence-electron chi connectivity index (χ3n) is 1.83. The van der Waals surface area contributed by atoms with Crippen LogP contribution in [0.2, 0.25) is 0 Å². The summed E-state index contributed by atoms with van der Waals surface area (Å²) < 4.78 is 10.3. The molecule has 0 atom stereocenters. The molecule has 0 aliphatic heterocycles. The average Bonchev–Trinajstić information content (AvgIpc) is 2.18. The van der Waals surface area contributed by atoms with E-state index in [1.807, 2.05) is 24.3 Å². The molecule has 0 saturated carbocycles. The van der Waals surface area contributed by atoms with Gasteiger partial charge >= 0.3 is 27.3 Å². The molecule has 0 saturated heterocycles. The minimum atomic E-state index is 0. The van der Waals surface area contributed by atoms with E-state index in [4.69, 9.17) is 9.47 Å². The van der Waals surface area contributed by atoms with Gasteiger partial charge in [-0.2, -0.15) is 0 Å². The summed E-state index contributed by atoms with van der Waals surface area (Å²) in [6.07, 6.45) is 2.71. The maximum atomic E-state index is 5.16. The predicted octanol–water partition coefficient (Wildman–Crippen LogP) is 1.52. The average molecular weight is 387 g/mol. The van der Waals surface area contributed by atoms with Crippen LogP contribution in [0.3, 0.4) is 0 Å². The second-order valence-electron chi connectivity index (χ2n) is 2.68. The van der Waals surface area contributed by atoms with Crippen molar-refractivity contribution in [1.82, 2.24) is 0 Å². The van der Waals surface area contributed by atoms with Gasteiger partial charge in [-0.1, -0.05) is 12.1 Å². The van der Waals surface area contributed by atoms with Crippen LogP contribution in [0, 0.1) is 0 Å². The molecule has 0 aliphatic carbocycles. The minimum absolute atomic E-state index is 0. The van der Waals surface area contributed by atoms with E-state index in [1.54, 1.807) is 14.2 Å². The van der Waals surface area contributed by atoms with E-state index < -0.39 is 0 Å². The predicted molar refractivity (Wildman–Crippen MR) is 62.0 cm³/mol. The molecule has 0 fully saturated rings. The van der Waals surface area contributed by atoms with Crippen molar-refractivity contribution in [2.24, 2.45) is 0 Å². The fourth-order valence-corrected chi connectivity index (χ4v) is 1.17. The monoisotopic (exact) mass is 388 g/mol. The fourth-order valence-electron chi connectivity index (χ4n) is 1.17. The van der Waals surface area contributed by atoms with Crippen LogP contribution in [0.5, 0.6) is 11.5 Å². The van der Waals surface area contributed by atoms with Crippen LogP contribution in [0.15, 0.2) is 30.9 Å². The van der Waals surface area contributed by atoms with Crippen molar-refractivity contribution in [1.29, 1.82) is 0 Å². The molecule has 0 unspecified atom stereocenters. The van der Waals surface area contributed by atoms with Crippen LogP contribution >= 0.6 is 0 Å². The van der Waals surface area contributed by atoms with Gasteiger partial charge in [-0.15, -0.1) is 6.58 Å².